The van der Waals surface area contributed by atoms with Crippen LogP contribution in [0.5, 0.6) is 0 Å². The first-order chi connectivity index (χ1) is 11.2. The highest BCUT2D eigenvalue weighted by Crippen LogP contribution is 2.21. The first-order valence-corrected chi connectivity index (χ1v) is 7.84. The van der Waals surface area contributed by atoms with Crippen LogP contribution < -0.4 is 16.0 Å². The molecule has 6 heteroatoms. The number of benzene rings is 2. The summed E-state index contributed by atoms with van der Waals surface area (Å²) in [5, 5.41) is 9.40. The summed E-state index contributed by atoms with van der Waals surface area (Å²) in [5.74, 6) is 0. The Hall–Kier alpha value is -2.08. The smallest absolute Gasteiger partial charge is 0.323 e. The Kier molecular flexibility index (Phi) is 5.12. The van der Waals surface area contributed by atoms with Crippen LogP contribution in [0.3, 0.4) is 0 Å². The molecule has 0 aliphatic carbocycles. The molecule has 2 aromatic carbocycles. The van der Waals surface area contributed by atoms with Gasteiger partial charge in [0.1, 0.15) is 0 Å². The van der Waals surface area contributed by atoms with Gasteiger partial charge in [0.05, 0.1) is 12.7 Å². The normalized spacial score (nSPS) is 17.5. The molecule has 2 aromatic rings. The van der Waals surface area contributed by atoms with Gasteiger partial charge in [0.15, 0.2) is 0 Å². The molecule has 1 atom stereocenters. The zero-order valence-corrected chi connectivity index (χ0v) is 13.3. The van der Waals surface area contributed by atoms with E-state index in [1.165, 1.54) is 0 Å². The fourth-order valence-corrected chi connectivity index (χ4v) is 2.61. The standard InChI is InChI=1S/C17H18ClN3O2/c18-13-2-1-3-15(10-13)21-17(22)20-14-6-4-12(5-7-14)16-11-19-8-9-23-16/h1-7,10,16,19H,8-9,11H2,(H2,20,21,22)/t16-/m0/s1. The lowest BCUT2D eigenvalue weighted by molar-refractivity contribution is 0.0277. The Balaban J connectivity index is 1.58. The van der Waals surface area contributed by atoms with Crippen molar-refractivity contribution in [3.8, 4) is 0 Å². The van der Waals surface area contributed by atoms with Crippen LogP contribution in [-0.4, -0.2) is 25.7 Å². The molecule has 0 saturated carbocycles. The lowest BCUT2D eigenvalue weighted by Crippen LogP contribution is -2.33. The Morgan fingerprint density at radius 1 is 1.13 bits per heavy atom. The van der Waals surface area contributed by atoms with Gasteiger partial charge in [-0.1, -0.05) is 29.8 Å². The van der Waals surface area contributed by atoms with Gasteiger partial charge in [-0.25, -0.2) is 4.79 Å². The van der Waals surface area contributed by atoms with Gasteiger partial charge in [-0.2, -0.15) is 0 Å². The molecule has 0 radical (unpaired) electrons. The van der Waals surface area contributed by atoms with Crippen LogP contribution in [0.1, 0.15) is 11.7 Å². The van der Waals surface area contributed by atoms with E-state index in [1.807, 2.05) is 24.3 Å². The first kappa shape index (κ1) is 15.8. The number of nitrogens with one attached hydrogen (secondary N) is 3. The Bertz CT molecular complexity index is 670. The van der Waals surface area contributed by atoms with E-state index in [0.717, 1.165) is 24.3 Å². The number of amides is 2. The highest BCUT2D eigenvalue weighted by Gasteiger charge is 2.15. The first-order valence-electron chi connectivity index (χ1n) is 7.46. The quantitative estimate of drug-likeness (QED) is 0.804. The van der Waals surface area contributed by atoms with E-state index >= 15 is 0 Å². The summed E-state index contributed by atoms with van der Waals surface area (Å²) >= 11 is 5.89. The fraction of sp³-hybridized carbons (Fsp3) is 0.235. The molecule has 1 saturated heterocycles. The number of morpholine rings is 1. The van der Waals surface area contributed by atoms with Crippen molar-refractivity contribution >= 4 is 29.0 Å². The molecule has 0 bridgehead atoms. The topological polar surface area (TPSA) is 62.4 Å². The number of urea groups is 1. The lowest BCUT2D eigenvalue weighted by atomic mass is 10.1. The number of ether oxygens (including phenoxy) is 1. The summed E-state index contributed by atoms with van der Waals surface area (Å²) in [6.07, 6.45) is 0.0677. The van der Waals surface area contributed by atoms with Crippen LogP contribution in [0, 0.1) is 0 Å². The molecule has 5 nitrogen and oxygen atoms in total. The van der Waals surface area contributed by atoms with Crippen molar-refractivity contribution in [3.05, 3.63) is 59.1 Å². The SMILES string of the molecule is O=C(Nc1ccc([C@@H]2CNCCO2)cc1)Nc1cccc(Cl)c1. The van der Waals surface area contributed by atoms with Crippen LogP contribution in [0.2, 0.25) is 5.02 Å². The highest BCUT2D eigenvalue weighted by atomic mass is 35.5. The number of anilines is 2. The van der Waals surface area contributed by atoms with Crippen molar-refractivity contribution in [1.82, 2.24) is 5.32 Å². The lowest BCUT2D eigenvalue weighted by Gasteiger charge is -2.24. The average molecular weight is 332 g/mol. The molecule has 1 aliphatic heterocycles. The van der Waals surface area contributed by atoms with Gasteiger partial charge in [-0.05, 0) is 35.9 Å². The zero-order chi connectivity index (χ0) is 16.1. The van der Waals surface area contributed by atoms with E-state index in [2.05, 4.69) is 16.0 Å². The maximum absolute atomic E-state index is 12.0. The van der Waals surface area contributed by atoms with Crippen LogP contribution in [0.4, 0.5) is 16.2 Å². The molecule has 0 unspecified atom stereocenters. The van der Waals surface area contributed by atoms with E-state index in [1.54, 1.807) is 24.3 Å². The van der Waals surface area contributed by atoms with Crippen molar-refractivity contribution in [2.75, 3.05) is 30.3 Å². The molecule has 1 fully saturated rings. The van der Waals surface area contributed by atoms with E-state index in [0.29, 0.717) is 17.3 Å². The van der Waals surface area contributed by atoms with Gasteiger partial charge in [0.2, 0.25) is 0 Å². The molecule has 3 rings (SSSR count). The average Bonchev–Trinajstić information content (AvgIpc) is 2.56. The summed E-state index contributed by atoms with van der Waals surface area (Å²) in [5.41, 5.74) is 2.46. The maximum Gasteiger partial charge on any atom is 0.323 e. The summed E-state index contributed by atoms with van der Waals surface area (Å²) in [6, 6.07) is 14.4. The second-order valence-corrected chi connectivity index (χ2v) is 5.71. The number of halogens is 1. The number of carbonyl (C=O) groups excluding carboxylic acids is 1. The number of hydrogen-bond donors (Lipinski definition) is 3. The van der Waals surface area contributed by atoms with Crippen molar-refractivity contribution in [1.29, 1.82) is 0 Å². The van der Waals surface area contributed by atoms with Crippen molar-refractivity contribution < 1.29 is 9.53 Å². The van der Waals surface area contributed by atoms with E-state index in [9.17, 15) is 4.79 Å². The van der Waals surface area contributed by atoms with Crippen LogP contribution in [0.15, 0.2) is 48.5 Å². The molecule has 1 heterocycles. The molecule has 0 spiro atoms. The molecular formula is C17H18ClN3O2. The molecular weight excluding hydrogens is 314 g/mol. The Morgan fingerprint density at radius 2 is 1.91 bits per heavy atom. The van der Waals surface area contributed by atoms with Crippen molar-refractivity contribution in [2.24, 2.45) is 0 Å². The second-order valence-electron chi connectivity index (χ2n) is 5.28. The minimum absolute atomic E-state index is 0.0677. The number of carbonyl (C=O) groups is 1. The monoisotopic (exact) mass is 331 g/mol. The summed E-state index contributed by atoms with van der Waals surface area (Å²) in [6.45, 7) is 2.41. The van der Waals surface area contributed by atoms with Gasteiger partial charge in [-0.3, -0.25) is 0 Å². The van der Waals surface area contributed by atoms with Gasteiger partial charge in [0, 0.05) is 29.5 Å². The van der Waals surface area contributed by atoms with E-state index in [4.69, 9.17) is 16.3 Å². The Labute approximate surface area is 140 Å². The van der Waals surface area contributed by atoms with Crippen molar-refractivity contribution in [3.63, 3.8) is 0 Å². The molecule has 0 aromatic heterocycles. The van der Waals surface area contributed by atoms with E-state index < -0.39 is 0 Å². The van der Waals surface area contributed by atoms with Gasteiger partial charge < -0.3 is 20.7 Å². The van der Waals surface area contributed by atoms with E-state index in [-0.39, 0.29) is 12.1 Å². The fourth-order valence-electron chi connectivity index (χ4n) is 2.42. The molecule has 23 heavy (non-hydrogen) atoms. The third kappa shape index (κ3) is 4.45. The molecule has 3 N–H and O–H groups in total. The summed E-state index contributed by atoms with van der Waals surface area (Å²) in [4.78, 5) is 12.0. The van der Waals surface area contributed by atoms with Gasteiger partial charge in [0.25, 0.3) is 0 Å². The molecule has 120 valence electrons. The predicted molar refractivity (Wildman–Crippen MR) is 92.1 cm³/mol. The molecule has 1 aliphatic rings. The van der Waals surface area contributed by atoms with Crippen LogP contribution in [-0.2, 0) is 4.74 Å². The minimum Gasteiger partial charge on any atom is -0.371 e. The third-order valence-electron chi connectivity index (χ3n) is 3.55. The number of hydrogen-bond acceptors (Lipinski definition) is 3. The minimum atomic E-state index is -0.310. The van der Waals surface area contributed by atoms with Crippen molar-refractivity contribution in [2.45, 2.75) is 6.10 Å². The maximum atomic E-state index is 12.0. The highest BCUT2D eigenvalue weighted by molar-refractivity contribution is 6.30. The van der Waals surface area contributed by atoms with Gasteiger partial charge >= 0.3 is 6.03 Å². The Morgan fingerprint density at radius 3 is 2.61 bits per heavy atom. The number of rotatable bonds is 3. The predicted octanol–water partition coefficient (Wildman–Crippen LogP) is 3.64. The summed E-state index contributed by atoms with van der Waals surface area (Å²) in [7, 11) is 0. The second kappa shape index (κ2) is 7.46. The molecule has 2 amide bonds. The van der Waals surface area contributed by atoms with Gasteiger partial charge in [-0.15, -0.1) is 0 Å². The zero-order valence-electron chi connectivity index (χ0n) is 12.5. The summed E-state index contributed by atoms with van der Waals surface area (Å²) < 4.78 is 5.70. The largest absolute Gasteiger partial charge is 0.371 e. The third-order valence-corrected chi connectivity index (χ3v) is 3.79. The van der Waals surface area contributed by atoms with Crippen LogP contribution in [0.25, 0.3) is 0 Å². The van der Waals surface area contributed by atoms with Crippen LogP contribution >= 0.6 is 11.6 Å².